The molecule has 1 aromatic carbocycles. The minimum atomic E-state index is -0.431. The van der Waals surface area contributed by atoms with Crippen molar-refractivity contribution in [3.63, 3.8) is 0 Å². The number of piperidine rings is 1. The summed E-state index contributed by atoms with van der Waals surface area (Å²) in [5.41, 5.74) is 0.504. The van der Waals surface area contributed by atoms with Crippen LogP contribution in [0.1, 0.15) is 36.8 Å². The van der Waals surface area contributed by atoms with Crippen molar-refractivity contribution in [1.29, 1.82) is 0 Å². The first-order chi connectivity index (χ1) is 13.6. The van der Waals surface area contributed by atoms with Gasteiger partial charge in [0.05, 0.1) is 22.2 Å². The van der Waals surface area contributed by atoms with Gasteiger partial charge in [0.1, 0.15) is 17.3 Å². The van der Waals surface area contributed by atoms with E-state index in [2.05, 4.69) is 24.7 Å². The van der Waals surface area contributed by atoms with Gasteiger partial charge in [-0.25, -0.2) is 4.98 Å². The van der Waals surface area contributed by atoms with Crippen LogP contribution >= 0.6 is 0 Å². The number of aryl methyl sites for hydroxylation is 1. The van der Waals surface area contributed by atoms with E-state index in [9.17, 15) is 14.9 Å². The topological polar surface area (TPSA) is 123 Å². The van der Waals surface area contributed by atoms with Crippen molar-refractivity contribution in [3.8, 4) is 0 Å². The third-order valence-electron chi connectivity index (χ3n) is 5.70. The van der Waals surface area contributed by atoms with E-state index in [0.717, 1.165) is 43.9 Å². The van der Waals surface area contributed by atoms with Gasteiger partial charge in [-0.1, -0.05) is 0 Å². The van der Waals surface area contributed by atoms with E-state index < -0.39 is 4.92 Å². The quantitative estimate of drug-likeness (QED) is 0.541. The highest BCUT2D eigenvalue weighted by Gasteiger charge is 2.31. The van der Waals surface area contributed by atoms with E-state index in [1.165, 1.54) is 12.4 Å². The van der Waals surface area contributed by atoms with Crippen LogP contribution in [0, 0.1) is 10.1 Å². The fraction of sp³-hybridized carbons (Fsp3) is 0.444. The number of benzene rings is 1. The number of anilines is 1. The van der Waals surface area contributed by atoms with E-state index in [0.29, 0.717) is 24.3 Å². The largest absolute Gasteiger partial charge is 0.365 e. The SMILES string of the molecule is O=c1[nH]cnc2cc(N3CCCC(c4nnc5n4CCC5)C3)c([N+](=O)[O-])cc12. The standard InChI is InChI=1S/C18H19N7O3/c26-18-12-7-15(25(27)28)14(8-13(12)19-10-20-18)23-5-1-3-11(9-23)17-22-21-16-4-2-6-24(16)17/h7-8,10-11H,1-6,9H2,(H,19,20,26). The molecule has 144 valence electrons. The van der Waals surface area contributed by atoms with Gasteiger partial charge < -0.3 is 14.5 Å². The Morgan fingerprint density at radius 1 is 1.21 bits per heavy atom. The Balaban J connectivity index is 1.54. The van der Waals surface area contributed by atoms with Crippen molar-refractivity contribution in [1.82, 2.24) is 24.7 Å². The van der Waals surface area contributed by atoms with Gasteiger partial charge in [0.15, 0.2) is 0 Å². The summed E-state index contributed by atoms with van der Waals surface area (Å²) in [5, 5.41) is 20.6. The zero-order valence-electron chi connectivity index (χ0n) is 15.2. The summed E-state index contributed by atoms with van der Waals surface area (Å²) in [6.45, 7) is 2.29. The minimum Gasteiger partial charge on any atom is -0.365 e. The molecule has 2 aliphatic rings. The number of aromatic amines is 1. The lowest BCUT2D eigenvalue weighted by molar-refractivity contribution is -0.384. The fourth-order valence-electron chi connectivity index (χ4n) is 4.37. The van der Waals surface area contributed by atoms with Crippen LogP contribution in [-0.2, 0) is 13.0 Å². The van der Waals surface area contributed by atoms with Gasteiger partial charge in [-0.15, -0.1) is 10.2 Å². The monoisotopic (exact) mass is 381 g/mol. The van der Waals surface area contributed by atoms with Crippen molar-refractivity contribution >= 4 is 22.3 Å². The van der Waals surface area contributed by atoms with Crippen LogP contribution in [-0.4, -0.2) is 42.7 Å². The Kier molecular flexibility index (Phi) is 3.85. The number of hydrogen-bond acceptors (Lipinski definition) is 7. The Hall–Kier alpha value is -3.30. The van der Waals surface area contributed by atoms with Crippen LogP contribution < -0.4 is 10.5 Å². The molecule has 0 spiro atoms. The number of hydrogen-bond donors (Lipinski definition) is 1. The number of nitro groups is 1. The second-order valence-electron chi connectivity index (χ2n) is 7.36. The van der Waals surface area contributed by atoms with Gasteiger partial charge in [-0.05, 0) is 25.3 Å². The zero-order valence-corrected chi connectivity index (χ0v) is 15.2. The number of nitrogens with one attached hydrogen (secondary N) is 1. The van der Waals surface area contributed by atoms with E-state index in [-0.39, 0.29) is 22.6 Å². The molecule has 10 heteroatoms. The molecule has 0 amide bonds. The summed E-state index contributed by atoms with van der Waals surface area (Å²) < 4.78 is 2.20. The maximum absolute atomic E-state index is 12.0. The van der Waals surface area contributed by atoms with Gasteiger partial charge in [0.2, 0.25) is 0 Å². The van der Waals surface area contributed by atoms with Gasteiger partial charge in [-0.2, -0.15) is 0 Å². The lowest BCUT2D eigenvalue weighted by Crippen LogP contribution is -2.35. The predicted octanol–water partition coefficient (Wildman–Crippen LogP) is 1.75. The lowest BCUT2D eigenvalue weighted by Gasteiger charge is -2.33. The average Bonchev–Trinajstić information content (AvgIpc) is 3.31. The summed E-state index contributed by atoms with van der Waals surface area (Å²) in [6, 6.07) is 2.98. The van der Waals surface area contributed by atoms with E-state index in [1.807, 2.05) is 4.90 Å². The highest BCUT2D eigenvalue weighted by atomic mass is 16.6. The molecule has 1 saturated heterocycles. The van der Waals surface area contributed by atoms with Crippen molar-refractivity contribution < 1.29 is 4.92 Å². The summed E-state index contributed by atoms with van der Waals surface area (Å²) in [5.74, 6) is 2.19. The smallest absolute Gasteiger partial charge is 0.293 e. The number of nitrogens with zero attached hydrogens (tertiary/aromatic N) is 6. The molecule has 10 nitrogen and oxygen atoms in total. The number of rotatable bonds is 3. The summed E-state index contributed by atoms with van der Waals surface area (Å²) in [7, 11) is 0. The van der Waals surface area contributed by atoms with Crippen LogP contribution in [0.15, 0.2) is 23.3 Å². The summed E-state index contributed by atoms with van der Waals surface area (Å²) in [4.78, 5) is 31.9. The van der Waals surface area contributed by atoms with Gasteiger partial charge in [0, 0.05) is 38.0 Å². The molecule has 1 atom stereocenters. The average molecular weight is 381 g/mol. The molecule has 0 bridgehead atoms. The fourth-order valence-corrected chi connectivity index (χ4v) is 4.37. The number of fused-ring (bicyclic) bond motifs is 2. The van der Waals surface area contributed by atoms with Crippen molar-refractivity contribution in [3.05, 3.63) is 50.6 Å². The molecule has 1 fully saturated rings. The van der Waals surface area contributed by atoms with Crippen LogP contribution in [0.4, 0.5) is 11.4 Å². The highest BCUT2D eigenvalue weighted by molar-refractivity contribution is 5.87. The van der Waals surface area contributed by atoms with E-state index in [1.54, 1.807) is 6.07 Å². The van der Waals surface area contributed by atoms with Crippen molar-refractivity contribution in [2.45, 2.75) is 38.1 Å². The minimum absolute atomic E-state index is 0.0712. The van der Waals surface area contributed by atoms with Crippen LogP contribution in [0.5, 0.6) is 0 Å². The Morgan fingerprint density at radius 3 is 2.96 bits per heavy atom. The normalized spacial score (nSPS) is 19.1. The molecule has 2 aliphatic heterocycles. The first kappa shape index (κ1) is 16.8. The molecule has 5 rings (SSSR count). The molecule has 0 saturated carbocycles. The van der Waals surface area contributed by atoms with Crippen molar-refractivity contribution in [2.24, 2.45) is 0 Å². The third-order valence-corrected chi connectivity index (χ3v) is 5.70. The van der Waals surface area contributed by atoms with E-state index >= 15 is 0 Å². The summed E-state index contributed by atoms with van der Waals surface area (Å²) >= 11 is 0. The highest BCUT2D eigenvalue weighted by Crippen LogP contribution is 2.36. The third kappa shape index (κ3) is 2.63. The molecule has 1 unspecified atom stereocenters. The van der Waals surface area contributed by atoms with E-state index in [4.69, 9.17) is 0 Å². The van der Waals surface area contributed by atoms with Crippen LogP contribution in [0.2, 0.25) is 0 Å². The molecule has 4 heterocycles. The van der Waals surface area contributed by atoms with Gasteiger partial charge in [-0.3, -0.25) is 14.9 Å². The predicted molar refractivity (Wildman–Crippen MR) is 102 cm³/mol. The number of nitro benzene ring substituents is 1. The Bertz CT molecular complexity index is 1140. The molecule has 28 heavy (non-hydrogen) atoms. The zero-order chi connectivity index (χ0) is 19.3. The first-order valence-corrected chi connectivity index (χ1v) is 9.44. The Morgan fingerprint density at radius 2 is 2.11 bits per heavy atom. The van der Waals surface area contributed by atoms with Gasteiger partial charge in [0.25, 0.3) is 11.2 Å². The first-order valence-electron chi connectivity index (χ1n) is 9.44. The molecule has 0 aliphatic carbocycles. The van der Waals surface area contributed by atoms with Gasteiger partial charge >= 0.3 is 0 Å². The number of H-pyrrole nitrogens is 1. The second-order valence-corrected chi connectivity index (χ2v) is 7.36. The molecular formula is C18H19N7O3. The maximum Gasteiger partial charge on any atom is 0.293 e. The maximum atomic E-state index is 12.0. The molecule has 1 N–H and O–H groups in total. The molecular weight excluding hydrogens is 362 g/mol. The molecule has 0 radical (unpaired) electrons. The summed E-state index contributed by atoms with van der Waals surface area (Å²) in [6.07, 6.45) is 5.25. The Labute approximate surface area is 159 Å². The second kappa shape index (κ2) is 6.39. The lowest BCUT2D eigenvalue weighted by atomic mass is 9.96. The molecule has 3 aromatic rings. The van der Waals surface area contributed by atoms with Crippen molar-refractivity contribution in [2.75, 3.05) is 18.0 Å². The molecule has 2 aromatic heterocycles. The van der Waals surface area contributed by atoms with Crippen LogP contribution in [0.3, 0.4) is 0 Å². The van der Waals surface area contributed by atoms with Crippen LogP contribution in [0.25, 0.3) is 10.9 Å². The number of aromatic nitrogens is 5.